The van der Waals surface area contributed by atoms with Crippen LogP contribution in [0.3, 0.4) is 0 Å². The van der Waals surface area contributed by atoms with Crippen molar-refractivity contribution < 1.29 is 9.26 Å². The Kier molecular flexibility index (Phi) is 3.97. The zero-order valence-corrected chi connectivity index (χ0v) is 12.9. The highest BCUT2D eigenvalue weighted by atomic mass is 79.9. The highest BCUT2D eigenvalue weighted by Gasteiger charge is 2.19. The number of halogens is 1. The number of nitrogens with zero attached hydrogens (tertiary/aromatic N) is 3. The zero-order valence-electron chi connectivity index (χ0n) is 10.5. The minimum absolute atomic E-state index is 0.268. The number of morpholine rings is 1. The highest BCUT2D eigenvalue weighted by Crippen LogP contribution is 2.29. The summed E-state index contributed by atoms with van der Waals surface area (Å²) >= 11 is 5.03. The second kappa shape index (κ2) is 5.70. The van der Waals surface area contributed by atoms with Crippen molar-refractivity contribution in [2.45, 2.75) is 19.6 Å². The van der Waals surface area contributed by atoms with Crippen molar-refractivity contribution in [2.24, 2.45) is 0 Å². The van der Waals surface area contributed by atoms with Crippen molar-refractivity contribution in [1.82, 2.24) is 15.0 Å². The van der Waals surface area contributed by atoms with E-state index in [9.17, 15) is 0 Å². The summed E-state index contributed by atoms with van der Waals surface area (Å²) in [6.45, 7) is 5.34. The lowest BCUT2D eigenvalue weighted by atomic mass is 10.3. The van der Waals surface area contributed by atoms with Crippen molar-refractivity contribution in [3.63, 3.8) is 0 Å². The molecule has 2 aromatic heterocycles. The summed E-state index contributed by atoms with van der Waals surface area (Å²) in [6.07, 6.45) is 0.268. The molecule has 1 saturated heterocycles. The molecular weight excluding hydrogens is 330 g/mol. The van der Waals surface area contributed by atoms with Crippen LogP contribution in [0.1, 0.15) is 12.8 Å². The van der Waals surface area contributed by atoms with Crippen LogP contribution in [0.2, 0.25) is 0 Å². The van der Waals surface area contributed by atoms with Gasteiger partial charge < -0.3 is 9.26 Å². The minimum atomic E-state index is 0.268. The lowest BCUT2D eigenvalue weighted by molar-refractivity contribution is -0.0240. The first kappa shape index (κ1) is 13.2. The van der Waals surface area contributed by atoms with Gasteiger partial charge in [0.2, 0.25) is 11.7 Å². The Morgan fingerprint density at radius 1 is 1.53 bits per heavy atom. The first-order valence-corrected chi connectivity index (χ1v) is 7.74. The second-order valence-corrected chi connectivity index (χ2v) is 7.00. The average Bonchev–Trinajstić information content (AvgIpc) is 2.98. The van der Waals surface area contributed by atoms with E-state index in [-0.39, 0.29) is 6.10 Å². The maximum atomic E-state index is 5.51. The maximum Gasteiger partial charge on any atom is 0.241 e. The van der Waals surface area contributed by atoms with Gasteiger partial charge in [-0.3, -0.25) is 4.90 Å². The van der Waals surface area contributed by atoms with Gasteiger partial charge in [0.05, 0.1) is 27.9 Å². The Morgan fingerprint density at radius 2 is 2.42 bits per heavy atom. The molecule has 1 aliphatic rings. The molecule has 0 unspecified atom stereocenters. The van der Waals surface area contributed by atoms with Crippen LogP contribution < -0.4 is 0 Å². The van der Waals surface area contributed by atoms with Crippen molar-refractivity contribution in [1.29, 1.82) is 0 Å². The quantitative estimate of drug-likeness (QED) is 0.857. The van der Waals surface area contributed by atoms with Gasteiger partial charge in [-0.05, 0) is 35.0 Å². The predicted octanol–water partition coefficient (Wildman–Crippen LogP) is 2.78. The summed E-state index contributed by atoms with van der Waals surface area (Å²) in [5.74, 6) is 1.32. The molecule has 0 aromatic carbocycles. The number of thiophene rings is 1. The van der Waals surface area contributed by atoms with Crippen LogP contribution in [-0.4, -0.2) is 40.8 Å². The molecule has 5 nitrogen and oxygen atoms in total. The number of hydrogen-bond acceptors (Lipinski definition) is 6. The van der Waals surface area contributed by atoms with E-state index >= 15 is 0 Å². The molecule has 7 heteroatoms. The molecule has 1 aliphatic heterocycles. The van der Waals surface area contributed by atoms with E-state index in [1.165, 1.54) is 0 Å². The first-order chi connectivity index (χ1) is 9.20. The lowest BCUT2D eigenvalue weighted by Crippen LogP contribution is -2.40. The fourth-order valence-electron chi connectivity index (χ4n) is 2.08. The van der Waals surface area contributed by atoms with E-state index in [4.69, 9.17) is 9.26 Å². The molecule has 0 N–H and O–H groups in total. The minimum Gasteiger partial charge on any atom is -0.376 e. The zero-order chi connectivity index (χ0) is 13.2. The second-order valence-electron chi connectivity index (χ2n) is 4.53. The number of rotatable bonds is 3. The van der Waals surface area contributed by atoms with Crippen LogP contribution in [0.25, 0.3) is 10.7 Å². The molecule has 0 aliphatic carbocycles. The van der Waals surface area contributed by atoms with Gasteiger partial charge in [-0.15, -0.1) is 11.3 Å². The molecule has 0 radical (unpaired) electrons. The summed E-state index contributed by atoms with van der Waals surface area (Å²) in [4.78, 5) is 7.73. The summed E-state index contributed by atoms with van der Waals surface area (Å²) < 4.78 is 11.9. The fourth-order valence-corrected chi connectivity index (χ4v) is 3.39. The molecule has 1 fully saturated rings. The molecular formula is C12H14BrN3O2S. The smallest absolute Gasteiger partial charge is 0.241 e. The van der Waals surface area contributed by atoms with Gasteiger partial charge in [-0.1, -0.05) is 5.16 Å². The van der Waals surface area contributed by atoms with E-state index in [1.54, 1.807) is 11.3 Å². The van der Waals surface area contributed by atoms with Gasteiger partial charge in [0, 0.05) is 13.1 Å². The van der Waals surface area contributed by atoms with E-state index in [2.05, 4.69) is 37.9 Å². The topological polar surface area (TPSA) is 51.4 Å². The number of aromatic nitrogens is 2. The van der Waals surface area contributed by atoms with Crippen LogP contribution in [0.4, 0.5) is 0 Å². The van der Waals surface area contributed by atoms with Crippen LogP contribution in [0.15, 0.2) is 20.4 Å². The molecule has 0 spiro atoms. The first-order valence-electron chi connectivity index (χ1n) is 6.13. The summed E-state index contributed by atoms with van der Waals surface area (Å²) in [5.41, 5.74) is 0. The Labute approximate surface area is 123 Å². The van der Waals surface area contributed by atoms with Gasteiger partial charge in [0.15, 0.2) is 0 Å². The average molecular weight is 344 g/mol. The monoisotopic (exact) mass is 343 g/mol. The summed E-state index contributed by atoms with van der Waals surface area (Å²) in [5, 5.41) is 4.03. The third kappa shape index (κ3) is 3.22. The third-order valence-electron chi connectivity index (χ3n) is 2.95. The molecule has 19 heavy (non-hydrogen) atoms. The van der Waals surface area contributed by atoms with E-state index in [0.29, 0.717) is 18.3 Å². The Balaban J connectivity index is 1.68. The molecule has 3 heterocycles. The van der Waals surface area contributed by atoms with Crippen molar-refractivity contribution in [3.05, 3.63) is 21.8 Å². The molecule has 1 atom stereocenters. The molecule has 3 rings (SSSR count). The Morgan fingerprint density at radius 3 is 3.16 bits per heavy atom. The van der Waals surface area contributed by atoms with Crippen LogP contribution in [0.5, 0.6) is 0 Å². The van der Waals surface area contributed by atoms with Gasteiger partial charge >= 0.3 is 0 Å². The van der Waals surface area contributed by atoms with Crippen molar-refractivity contribution in [2.75, 3.05) is 19.7 Å². The SMILES string of the molecule is C[C@H]1CN(Cc2nc(-c3ccc(Br)s3)no2)CCO1. The normalized spacial score (nSPS) is 20.8. The fraction of sp³-hybridized carbons (Fsp3) is 0.500. The van der Waals surface area contributed by atoms with Crippen molar-refractivity contribution >= 4 is 27.3 Å². The summed E-state index contributed by atoms with van der Waals surface area (Å²) in [6, 6.07) is 3.97. The third-order valence-corrected chi connectivity index (χ3v) is 4.57. The molecule has 2 aromatic rings. The Hall–Kier alpha value is -0.760. The van der Waals surface area contributed by atoms with Gasteiger partial charge in [0.1, 0.15) is 0 Å². The van der Waals surface area contributed by atoms with Crippen LogP contribution in [0, 0.1) is 0 Å². The van der Waals surface area contributed by atoms with Crippen molar-refractivity contribution in [3.8, 4) is 10.7 Å². The highest BCUT2D eigenvalue weighted by molar-refractivity contribution is 9.11. The molecule has 0 bridgehead atoms. The van der Waals surface area contributed by atoms with E-state index in [0.717, 1.165) is 28.4 Å². The lowest BCUT2D eigenvalue weighted by Gasteiger charge is -2.29. The molecule has 0 amide bonds. The largest absolute Gasteiger partial charge is 0.376 e. The Bertz CT molecular complexity index is 557. The van der Waals surface area contributed by atoms with Gasteiger partial charge in [0.25, 0.3) is 0 Å². The maximum absolute atomic E-state index is 5.51. The number of hydrogen-bond donors (Lipinski definition) is 0. The van der Waals surface area contributed by atoms with Gasteiger partial charge in [-0.2, -0.15) is 4.98 Å². The predicted molar refractivity (Wildman–Crippen MR) is 76.0 cm³/mol. The standard InChI is InChI=1S/C12H14BrN3O2S/c1-8-6-16(4-5-17-8)7-11-14-12(15-18-11)9-2-3-10(13)19-9/h2-3,8H,4-7H2,1H3/t8-/m0/s1. The molecule has 102 valence electrons. The van der Waals surface area contributed by atoms with Crippen LogP contribution >= 0.6 is 27.3 Å². The van der Waals surface area contributed by atoms with E-state index in [1.807, 2.05) is 12.1 Å². The molecule has 0 saturated carbocycles. The van der Waals surface area contributed by atoms with Gasteiger partial charge in [-0.25, -0.2) is 0 Å². The number of ether oxygens (including phenoxy) is 1. The van der Waals surface area contributed by atoms with Crippen LogP contribution in [-0.2, 0) is 11.3 Å². The summed E-state index contributed by atoms with van der Waals surface area (Å²) in [7, 11) is 0. The van der Waals surface area contributed by atoms with E-state index < -0.39 is 0 Å².